The van der Waals surface area contributed by atoms with Crippen molar-refractivity contribution < 1.29 is 4.74 Å². The Kier molecular flexibility index (Phi) is 5.31. The average molecular weight is 176 g/mol. The minimum atomic E-state index is 0. The molecule has 0 aromatic heterocycles. The highest BCUT2D eigenvalue weighted by Gasteiger charge is 2.20. The molecule has 0 N–H and O–H groups in total. The normalized spacial score (nSPS) is 24.2. The number of terminal acetylenes is 1. The van der Waals surface area contributed by atoms with E-state index in [1.54, 1.807) is 7.11 Å². The van der Waals surface area contributed by atoms with Gasteiger partial charge >= 0.3 is 0 Å². The fourth-order valence-corrected chi connectivity index (χ4v) is 1.26. The molecule has 1 aliphatic rings. The van der Waals surface area contributed by atoms with Crippen molar-refractivity contribution >= 4 is 12.4 Å². The van der Waals surface area contributed by atoms with E-state index in [1.807, 2.05) is 0 Å². The maximum absolute atomic E-state index is 5.18. The number of rotatable bonds is 2. The van der Waals surface area contributed by atoms with Crippen LogP contribution < -0.4 is 0 Å². The van der Waals surface area contributed by atoms with E-state index < -0.39 is 0 Å². The number of hydrogen-bond acceptors (Lipinski definition) is 2. The van der Waals surface area contributed by atoms with Gasteiger partial charge in [0.1, 0.15) is 0 Å². The zero-order valence-electron chi connectivity index (χ0n) is 6.75. The van der Waals surface area contributed by atoms with Gasteiger partial charge in [0, 0.05) is 20.2 Å². The van der Waals surface area contributed by atoms with Gasteiger partial charge in [0.15, 0.2) is 0 Å². The first-order chi connectivity index (χ1) is 4.86. The molecule has 3 heteroatoms. The number of hydrogen-bond donors (Lipinski definition) is 0. The van der Waals surface area contributed by atoms with E-state index >= 15 is 0 Å². The highest BCUT2D eigenvalue weighted by atomic mass is 35.5. The van der Waals surface area contributed by atoms with Gasteiger partial charge in [0.05, 0.1) is 12.6 Å². The number of halogens is 1. The van der Waals surface area contributed by atoms with Gasteiger partial charge in [0.2, 0.25) is 0 Å². The van der Waals surface area contributed by atoms with Crippen molar-refractivity contribution in [1.29, 1.82) is 0 Å². The van der Waals surface area contributed by atoms with Gasteiger partial charge < -0.3 is 4.74 Å². The second-order valence-corrected chi connectivity index (χ2v) is 2.59. The Balaban J connectivity index is 0.000001000. The first-order valence-corrected chi connectivity index (χ1v) is 3.55. The maximum atomic E-state index is 5.18. The van der Waals surface area contributed by atoms with E-state index in [0.29, 0.717) is 6.10 Å². The molecule has 0 bridgehead atoms. The fourth-order valence-electron chi connectivity index (χ4n) is 1.26. The van der Waals surface area contributed by atoms with Crippen LogP contribution in [0, 0.1) is 12.3 Å². The highest BCUT2D eigenvalue weighted by molar-refractivity contribution is 5.85. The number of likely N-dealkylation sites (tertiary alicyclic amines) is 1. The minimum absolute atomic E-state index is 0. The van der Waals surface area contributed by atoms with Crippen molar-refractivity contribution in [2.24, 2.45) is 0 Å². The molecule has 0 radical (unpaired) electrons. The Morgan fingerprint density at radius 3 is 2.91 bits per heavy atom. The molecule has 0 unspecified atom stereocenters. The lowest BCUT2D eigenvalue weighted by atomic mass is 10.3. The van der Waals surface area contributed by atoms with Crippen molar-refractivity contribution in [3.8, 4) is 12.3 Å². The minimum Gasteiger partial charge on any atom is -0.380 e. The molecular weight excluding hydrogens is 162 g/mol. The zero-order valence-corrected chi connectivity index (χ0v) is 7.56. The molecule has 0 amide bonds. The Morgan fingerprint density at radius 1 is 1.73 bits per heavy atom. The second-order valence-electron chi connectivity index (χ2n) is 2.59. The Morgan fingerprint density at radius 2 is 2.45 bits per heavy atom. The van der Waals surface area contributed by atoms with E-state index in [9.17, 15) is 0 Å². The van der Waals surface area contributed by atoms with Crippen LogP contribution in [0.15, 0.2) is 0 Å². The molecule has 1 fully saturated rings. The summed E-state index contributed by atoms with van der Waals surface area (Å²) in [5.41, 5.74) is 0. The molecule has 64 valence electrons. The molecule has 11 heavy (non-hydrogen) atoms. The number of methoxy groups -OCH3 is 1. The predicted octanol–water partition coefficient (Wildman–Crippen LogP) is 0.762. The maximum Gasteiger partial charge on any atom is 0.0710 e. The summed E-state index contributed by atoms with van der Waals surface area (Å²) in [6, 6.07) is 0. The van der Waals surface area contributed by atoms with E-state index in [-0.39, 0.29) is 12.4 Å². The van der Waals surface area contributed by atoms with Crippen LogP contribution in [0.3, 0.4) is 0 Å². The first kappa shape index (κ1) is 10.8. The molecule has 0 aromatic rings. The Hall–Kier alpha value is -0.230. The standard InChI is InChI=1S/C8H13NO.ClH/c1-3-5-9-6-4-8(7-9)10-2;/h1,8H,4-7H2,2H3;1H/t8-;/m0./s1. The summed E-state index contributed by atoms with van der Waals surface area (Å²) >= 11 is 0. The Bertz CT molecular complexity index is 144. The molecule has 2 nitrogen and oxygen atoms in total. The van der Waals surface area contributed by atoms with E-state index in [4.69, 9.17) is 11.2 Å². The number of nitrogens with zero attached hydrogens (tertiary/aromatic N) is 1. The molecular formula is C8H14ClNO. The number of ether oxygens (including phenoxy) is 1. The first-order valence-electron chi connectivity index (χ1n) is 3.55. The van der Waals surface area contributed by atoms with Gasteiger partial charge in [-0.15, -0.1) is 18.8 Å². The second kappa shape index (κ2) is 5.42. The van der Waals surface area contributed by atoms with E-state index in [1.165, 1.54) is 0 Å². The lowest BCUT2D eigenvalue weighted by Crippen LogP contribution is -2.22. The van der Waals surface area contributed by atoms with Gasteiger partial charge in [0.25, 0.3) is 0 Å². The van der Waals surface area contributed by atoms with Gasteiger partial charge in [-0.25, -0.2) is 0 Å². The molecule has 1 saturated heterocycles. The Labute approximate surface area is 74.3 Å². The van der Waals surface area contributed by atoms with E-state index in [0.717, 1.165) is 26.1 Å². The third-order valence-electron chi connectivity index (χ3n) is 1.88. The fraction of sp³-hybridized carbons (Fsp3) is 0.750. The monoisotopic (exact) mass is 175 g/mol. The van der Waals surface area contributed by atoms with Gasteiger partial charge in [-0.1, -0.05) is 5.92 Å². The van der Waals surface area contributed by atoms with Crippen LogP contribution in [0.4, 0.5) is 0 Å². The van der Waals surface area contributed by atoms with Crippen LogP contribution in [0.1, 0.15) is 6.42 Å². The largest absolute Gasteiger partial charge is 0.380 e. The van der Waals surface area contributed by atoms with Gasteiger partial charge in [-0.2, -0.15) is 0 Å². The summed E-state index contributed by atoms with van der Waals surface area (Å²) in [6.07, 6.45) is 6.70. The van der Waals surface area contributed by atoms with Crippen molar-refractivity contribution in [3.63, 3.8) is 0 Å². The summed E-state index contributed by atoms with van der Waals surface area (Å²) in [5.74, 6) is 2.62. The summed E-state index contributed by atoms with van der Waals surface area (Å²) in [5, 5.41) is 0. The summed E-state index contributed by atoms with van der Waals surface area (Å²) in [4.78, 5) is 2.23. The quantitative estimate of drug-likeness (QED) is 0.575. The third kappa shape index (κ3) is 3.11. The van der Waals surface area contributed by atoms with Crippen LogP contribution in [0.25, 0.3) is 0 Å². The van der Waals surface area contributed by atoms with Crippen LogP contribution >= 0.6 is 12.4 Å². The molecule has 0 aromatic carbocycles. The topological polar surface area (TPSA) is 12.5 Å². The van der Waals surface area contributed by atoms with E-state index in [2.05, 4.69) is 10.8 Å². The van der Waals surface area contributed by atoms with Gasteiger partial charge in [-0.3, -0.25) is 4.90 Å². The van der Waals surface area contributed by atoms with Gasteiger partial charge in [-0.05, 0) is 6.42 Å². The van der Waals surface area contributed by atoms with Crippen molar-refractivity contribution in [2.75, 3.05) is 26.7 Å². The van der Waals surface area contributed by atoms with Crippen molar-refractivity contribution in [3.05, 3.63) is 0 Å². The molecule has 1 rings (SSSR count). The average Bonchev–Trinajstić information content (AvgIpc) is 2.37. The van der Waals surface area contributed by atoms with Crippen molar-refractivity contribution in [1.82, 2.24) is 4.90 Å². The molecule has 0 spiro atoms. The molecule has 1 aliphatic heterocycles. The summed E-state index contributed by atoms with van der Waals surface area (Å²) in [6.45, 7) is 2.85. The predicted molar refractivity (Wildman–Crippen MR) is 47.9 cm³/mol. The lowest BCUT2D eigenvalue weighted by molar-refractivity contribution is 0.110. The smallest absolute Gasteiger partial charge is 0.0710 e. The van der Waals surface area contributed by atoms with Crippen LogP contribution in [0.5, 0.6) is 0 Å². The SMILES string of the molecule is C#CCN1CC[C@H](OC)C1.Cl. The summed E-state index contributed by atoms with van der Waals surface area (Å²) < 4.78 is 5.18. The summed E-state index contributed by atoms with van der Waals surface area (Å²) in [7, 11) is 1.75. The zero-order chi connectivity index (χ0) is 7.40. The van der Waals surface area contributed by atoms with Crippen molar-refractivity contribution in [2.45, 2.75) is 12.5 Å². The van der Waals surface area contributed by atoms with Crippen LogP contribution in [-0.4, -0.2) is 37.7 Å². The van der Waals surface area contributed by atoms with Crippen LogP contribution in [0.2, 0.25) is 0 Å². The molecule has 1 heterocycles. The highest BCUT2D eigenvalue weighted by Crippen LogP contribution is 2.10. The molecule has 0 saturated carbocycles. The van der Waals surface area contributed by atoms with Crippen LogP contribution in [-0.2, 0) is 4.74 Å². The lowest BCUT2D eigenvalue weighted by Gasteiger charge is -2.10. The molecule has 1 atom stereocenters. The molecule has 0 aliphatic carbocycles. The third-order valence-corrected chi connectivity index (χ3v) is 1.88.